The summed E-state index contributed by atoms with van der Waals surface area (Å²) in [4.78, 5) is 24.2. The number of benzene rings is 1. The van der Waals surface area contributed by atoms with Crippen LogP contribution in [-0.4, -0.2) is 38.1 Å². The maximum absolute atomic E-state index is 12.3. The second-order valence-corrected chi connectivity index (χ2v) is 9.14. The molecule has 0 aromatic heterocycles. The van der Waals surface area contributed by atoms with E-state index in [-0.39, 0.29) is 29.2 Å². The Balaban J connectivity index is 1.59. The summed E-state index contributed by atoms with van der Waals surface area (Å²) in [6.07, 6.45) is 4.76. The summed E-state index contributed by atoms with van der Waals surface area (Å²) in [5, 5.41) is 5.76. The summed E-state index contributed by atoms with van der Waals surface area (Å²) in [6, 6.07) is 6.13. The SMILES string of the molecule is CC(C)(C)CC(=O)NCC(=O)NCC1(c2ccc3c(c2)OCCO3)CCCC1. The van der Waals surface area contributed by atoms with E-state index < -0.39 is 0 Å². The highest BCUT2D eigenvalue weighted by Gasteiger charge is 2.36. The minimum atomic E-state index is -0.147. The molecule has 0 saturated heterocycles. The molecule has 0 bridgehead atoms. The molecule has 6 nitrogen and oxygen atoms in total. The number of amides is 2. The lowest BCUT2D eigenvalue weighted by molar-refractivity contribution is -0.127. The van der Waals surface area contributed by atoms with Crippen LogP contribution < -0.4 is 20.1 Å². The summed E-state index contributed by atoms with van der Waals surface area (Å²) in [6.45, 7) is 7.74. The molecule has 0 unspecified atom stereocenters. The van der Waals surface area contributed by atoms with Gasteiger partial charge in [-0.1, -0.05) is 39.7 Å². The van der Waals surface area contributed by atoms with Crippen LogP contribution in [0, 0.1) is 5.41 Å². The molecule has 1 aliphatic carbocycles. The Kier molecular flexibility index (Phi) is 6.16. The van der Waals surface area contributed by atoms with Crippen LogP contribution >= 0.6 is 0 Å². The Bertz CT molecular complexity index is 718. The van der Waals surface area contributed by atoms with Crippen LogP contribution in [0.3, 0.4) is 0 Å². The van der Waals surface area contributed by atoms with Gasteiger partial charge in [0.2, 0.25) is 11.8 Å². The second kappa shape index (κ2) is 8.41. The van der Waals surface area contributed by atoms with E-state index in [1.165, 1.54) is 5.56 Å². The third kappa shape index (κ3) is 5.18. The van der Waals surface area contributed by atoms with Gasteiger partial charge in [-0.25, -0.2) is 0 Å². The largest absolute Gasteiger partial charge is 0.486 e. The molecule has 28 heavy (non-hydrogen) atoms. The van der Waals surface area contributed by atoms with E-state index in [2.05, 4.69) is 22.8 Å². The molecule has 0 atom stereocenters. The van der Waals surface area contributed by atoms with Gasteiger partial charge in [0.25, 0.3) is 0 Å². The van der Waals surface area contributed by atoms with E-state index in [4.69, 9.17) is 9.47 Å². The highest BCUT2D eigenvalue weighted by atomic mass is 16.6. The van der Waals surface area contributed by atoms with E-state index in [1.54, 1.807) is 0 Å². The molecule has 1 heterocycles. The lowest BCUT2D eigenvalue weighted by Crippen LogP contribution is -2.43. The zero-order valence-electron chi connectivity index (χ0n) is 17.2. The maximum Gasteiger partial charge on any atom is 0.239 e. The predicted octanol–water partition coefficient (Wildman–Crippen LogP) is 2.94. The minimum absolute atomic E-state index is 0.0200. The summed E-state index contributed by atoms with van der Waals surface area (Å²) < 4.78 is 11.4. The average molecular weight is 389 g/mol. The zero-order valence-corrected chi connectivity index (χ0v) is 17.2. The van der Waals surface area contributed by atoms with Gasteiger partial charge in [-0.05, 0) is 36.0 Å². The number of carbonyl (C=O) groups is 2. The summed E-state index contributed by atoms with van der Waals surface area (Å²) >= 11 is 0. The third-order valence-corrected chi connectivity index (χ3v) is 5.48. The van der Waals surface area contributed by atoms with Crippen molar-refractivity contribution in [3.63, 3.8) is 0 Å². The Morgan fingerprint density at radius 3 is 2.36 bits per heavy atom. The van der Waals surface area contributed by atoms with E-state index in [0.717, 1.165) is 37.2 Å². The monoisotopic (exact) mass is 388 g/mol. The predicted molar refractivity (Wildman–Crippen MR) is 108 cm³/mol. The summed E-state index contributed by atoms with van der Waals surface area (Å²) in [5.41, 5.74) is 1.01. The van der Waals surface area contributed by atoms with Crippen molar-refractivity contribution in [3.05, 3.63) is 23.8 Å². The first kappa shape index (κ1) is 20.5. The van der Waals surface area contributed by atoms with Crippen molar-refractivity contribution in [2.75, 3.05) is 26.3 Å². The van der Waals surface area contributed by atoms with E-state index in [0.29, 0.717) is 26.2 Å². The molecule has 1 saturated carbocycles. The fourth-order valence-corrected chi connectivity index (χ4v) is 4.05. The topological polar surface area (TPSA) is 76.7 Å². The van der Waals surface area contributed by atoms with E-state index in [9.17, 15) is 9.59 Å². The van der Waals surface area contributed by atoms with Crippen molar-refractivity contribution in [2.45, 2.75) is 58.3 Å². The lowest BCUT2D eigenvalue weighted by atomic mass is 9.78. The number of rotatable bonds is 6. The van der Waals surface area contributed by atoms with Gasteiger partial charge in [-0.3, -0.25) is 9.59 Å². The first-order chi connectivity index (χ1) is 13.3. The van der Waals surface area contributed by atoms with E-state index in [1.807, 2.05) is 26.8 Å². The standard InChI is InChI=1S/C22H32N2O4/c1-21(2,3)13-19(25)23-14-20(26)24-15-22(8-4-5-9-22)16-6-7-17-18(12-16)28-11-10-27-17/h6-7,12H,4-5,8-11,13-15H2,1-3H3,(H,23,25)(H,24,26). The van der Waals surface area contributed by atoms with Crippen molar-refractivity contribution >= 4 is 11.8 Å². The number of hydrogen-bond acceptors (Lipinski definition) is 4. The number of ether oxygens (including phenoxy) is 2. The minimum Gasteiger partial charge on any atom is -0.486 e. The zero-order chi connectivity index (χ0) is 20.2. The van der Waals surface area contributed by atoms with Crippen molar-refractivity contribution in [3.8, 4) is 11.5 Å². The molecule has 1 fully saturated rings. The fraction of sp³-hybridized carbons (Fsp3) is 0.636. The molecular formula is C22H32N2O4. The molecule has 1 aromatic carbocycles. The van der Waals surface area contributed by atoms with Gasteiger partial charge in [0.15, 0.2) is 11.5 Å². The molecule has 0 spiro atoms. The molecule has 2 amide bonds. The smallest absolute Gasteiger partial charge is 0.239 e. The van der Waals surface area contributed by atoms with Gasteiger partial charge >= 0.3 is 0 Å². The highest BCUT2D eigenvalue weighted by Crippen LogP contribution is 2.43. The molecular weight excluding hydrogens is 356 g/mol. The Hall–Kier alpha value is -2.24. The van der Waals surface area contributed by atoms with Crippen LogP contribution in [0.2, 0.25) is 0 Å². The van der Waals surface area contributed by atoms with Crippen LogP contribution in [0.5, 0.6) is 11.5 Å². The Morgan fingerprint density at radius 1 is 1.00 bits per heavy atom. The van der Waals surface area contributed by atoms with Crippen LogP contribution in [0.4, 0.5) is 0 Å². The maximum atomic E-state index is 12.3. The fourth-order valence-electron chi connectivity index (χ4n) is 4.05. The quantitative estimate of drug-likeness (QED) is 0.786. The molecule has 0 radical (unpaired) electrons. The Morgan fingerprint density at radius 2 is 1.68 bits per heavy atom. The van der Waals surface area contributed by atoms with Gasteiger partial charge < -0.3 is 20.1 Å². The summed E-state index contributed by atoms with van der Waals surface area (Å²) in [7, 11) is 0. The van der Waals surface area contributed by atoms with Crippen molar-refractivity contribution in [1.29, 1.82) is 0 Å². The molecule has 3 rings (SSSR count). The first-order valence-electron chi connectivity index (χ1n) is 10.2. The normalized spacial score (nSPS) is 17.8. The van der Waals surface area contributed by atoms with Crippen LogP contribution in [0.1, 0.15) is 58.4 Å². The number of fused-ring (bicyclic) bond motifs is 1. The van der Waals surface area contributed by atoms with Crippen LogP contribution in [-0.2, 0) is 15.0 Å². The van der Waals surface area contributed by atoms with Gasteiger partial charge in [0.1, 0.15) is 13.2 Å². The number of carbonyl (C=O) groups excluding carboxylic acids is 2. The molecule has 154 valence electrons. The van der Waals surface area contributed by atoms with Gasteiger partial charge in [0, 0.05) is 18.4 Å². The van der Waals surface area contributed by atoms with E-state index >= 15 is 0 Å². The highest BCUT2D eigenvalue weighted by molar-refractivity contribution is 5.84. The van der Waals surface area contributed by atoms with Gasteiger partial charge in [0.05, 0.1) is 6.54 Å². The van der Waals surface area contributed by atoms with Gasteiger partial charge in [-0.2, -0.15) is 0 Å². The molecule has 6 heteroatoms. The van der Waals surface area contributed by atoms with Crippen LogP contribution in [0.15, 0.2) is 18.2 Å². The molecule has 1 aliphatic heterocycles. The van der Waals surface area contributed by atoms with Gasteiger partial charge in [-0.15, -0.1) is 0 Å². The molecule has 2 aliphatic rings. The molecule has 1 aromatic rings. The summed E-state index contributed by atoms with van der Waals surface area (Å²) in [5.74, 6) is 1.33. The lowest BCUT2D eigenvalue weighted by Gasteiger charge is -2.31. The van der Waals surface area contributed by atoms with Crippen LogP contribution in [0.25, 0.3) is 0 Å². The first-order valence-corrected chi connectivity index (χ1v) is 10.2. The molecule has 2 N–H and O–H groups in total. The second-order valence-electron chi connectivity index (χ2n) is 9.14. The number of hydrogen-bond donors (Lipinski definition) is 2. The van der Waals surface area contributed by atoms with Crippen molar-refractivity contribution in [2.24, 2.45) is 5.41 Å². The van der Waals surface area contributed by atoms with Crippen molar-refractivity contribution < 1.29 is 19.1 Å². The average Bonchev–Trinajstić information content (AvgIpc) is 3.13. The third-order valence-electron chi connectivity index (χ3n) is 5.48. The Labute approximate surface area is 167 Å². The van der Waals surface area contributed by atoms with Crippen molar-refractivity contribution in [1.82, 2.24) is 10.6 Å². The number of nitrogens with one attached hydrogen (secondary N) is 2.